The number of hydrogen-bond acceptors (Lipinski definition) is 3. The fourth-order valence-electron chi connectivity index (χ4n) is 2.93. The maximum absolute atomic E-state index is 9.13. The van der Waals surface area contributed by atoms with Crippen LogP contribution in [0, 0.1) is 0 Å². The van der Waals surface area contributed by atoms with Crippen molar-refractivity contribution in [3.8, 4) is 5.75 Å². The molecule has 0 unspecified atom stereocenters. The van der Waals surface area contributed by atoms with E-state index in [4.69, 9.17) is 21.4 Å². The molecular formula is C18H28ClNO2. The van der Waals surface area contributed by atoms with Crippen molar-refractivity contribution in [3.05, 3.63) is 28.8 Å². The first-order valence-electron chi connectivity index (χ1n) is 8.52. The average molecular weight is 326 g/mol. The van der Waals surface area contributed by atoms with Gasteiger partial charge in [-0.05, 0) is 30.5 Å². The van der Waals surface area contributed by atoms with Crippen molar-refractivity contribution in [3.63, 3.8) is 0 Å². The third-order valence-electron chi connectivity index (χ3n) is 4.28. The Morgan fingerprint density at radius 1 is 1.27 bits per heavy atom. The van der Waals surface area contributed by atoms with E-state index in [0.29, 0.717) is 0 Å². The molecule has 1 saturated heterocycles. The molecular weight excluding hydrogens is 298 g/mol. The Labute approximate surface area is 139 Å². The van der Waals surface area contributed by atoms with Crippen LogP contribution in [0.25, 0.3) is 0 Å². The predicted molar refractivity (Wildman–Crippen MR) is 91.8 cm³/mol. The molecule has 0 bridgehead atoms. The van der Waals surface area contributed by atoms with Crippen LogP contribution in [-0.2, 0) is 6.42 Å². The molecule has 1 fully saturated rings. The molecule has 2 N–H and O–H groups in total. The summed E-state index contributed by atoms with van der Waals surface area (Å²) in [7, 11) is 0. The molecule has 1 heterocycles. The molecule has 1 aromatic carbocycles. The van der Waals surface area contributed by atoms with Gasteiger partial charge in [-0.25, -0.2) is 0 Å². The maximum Gasteiger partial charge on any atom is 0.121 e. The molecule has 22 heavy (non-hydrogen) atoms. The summed E-state index contributed by atoms with van der Waals surface area (Å²) in [5.41, 5.74) is 1.21. The first-order valence-corrected chi connectivity index (χ1v) is 8.90. The molecule has 1 aromatic rings. The Kier molecular flexibility index (Phi) is 7.50. The molecule has 4 heteroatoms. The molecule has 3 nitrogen and oxygen atoms in total. The van der Waals surface area contributed by atoms with E-state index >= 15 is 0 Å². The highest BCUT2D eigenvalue weighted by atomic mass is 35.5. The van der Waals surface area contributed by atoms with Crippen LogP contribution in [0.15, 0.2) is 18.2 Å². The van der Waals surface area contributed by atoms with Crippen molar-refractivity contribution in [2.45, 2.75) is 64.0 Å². The van der Waals surface area contributed by atoms with E-state index in [0.717, 1.165) is 30.2 Å². The van der Waals surface area contributed by atoms with E-state index in [1.165, 1.54) is 37.7 Å². The monoisotopic (exact) mass is 325 g/mol. The van der Waals surface area contributed by atoms with Gasteiger partial charge < -0.3 is 15.2 Å². The number of aliphatic hydroxyl groups excluding tert-OH is 1. The van der Waals surface area contributed by atoms with Gasteiger partial charge in [0.2, 0.25) is 0 Å². The standard InChI is InChI=1S/C18H28ClNO2/c1-2-3-4-5-6-7-14-8-9-16(11-18(14)19)22-17-10-15(13-21)20-12-17/h8-9,11,15,17,20-21H,2-7,10,12-13H2,1H3/t15-,17-/m0/s1. The van der Waals surface area contributed by atoms with Crippen LogP contribution in [-0.4, -0.2) is 30.4 Å². The SMILES string of the molecule is CCCCCCCc1ccc(O[C@@H]2CN[C@H](CO)C2)cc1Cl. The summed E-state index contributed by atoms with van der Waals surface area (Å²) < 4.78 is 5.94. The Morgan fingerprint density at radius 2 is 2.09 bits per heavy atom. The number of unbranched alkanes of at least 4 members (excludes halogenated alkanes) is 4. The van der Waals surface area contributed by atoms with Crippen LogP contribution in [0.2, 0.25) is 5.02 Å². The van der Waals surface area contributed by atoms with Gasteiger partial charge in [-0.3, -0.25) is 0 Å². The number of benzene rings is 1. The molecule has 2 atom stereocenters. The molecule has 1 aliphatic rings. The summed E-state index contributed by atoms with van der Waals surface area (Å²) in [5.74, 6) is 0.824. The minimum absolute atomic E-state index is 0.119. The van der Waals surface area contributed by atoms with Gasteiger partial charge in [0, 0.05) is 24.0 Å². The van der Waals surface area contributed by atoms with Crippen LogP contribution in [0.5, 0.6) is 5.75 Å². The van der Waals surface area contributed by atoms with E-state index in [1.54, 1.807) is 0 Å². The number of aliphatic hydroxyl groups is 1. The summed E-state index contributed by atoms with van der Waals surface area (Å²) in [6.45, 7) is 3.18. The van der Waals surface area contributed by atoms with E-state index in [1.807, 2.05) is 12.1 Å². The molecule has 0 radical (unpaired) electrons. The van der Waals surface area contributed by atoms with Crippen molar-refractivity contribution in [2.24, 2.45) is 0 Å². The van der Waals surface area contributed by atoms with E-state index < -0.39 is 0 Å². The Morgan fingerprint density at radius 3 is 2.77 bits per heavy atom. The maximum atomic E-state index is 9.13. The number of nitrogens with one attached hydrogen (secondary N) is 1. The second kappa shape index (κ2) is 9.39. The highest BCUT2D eigenvalue weighted by molar-refractivity contribution is 6.31. The molecule has 1 aliphatic heterocycles. The Hall–Kier alpha value is -0.770. The molecule has 124 valence electrons. The zero-order valence-corrected chi connectivity index (χ0v) is 14.2. The van der Waals surface area contributed by atoms with Crippen molar-refractivity contribution in [1.82, 2.24) is 5.32 Å². The molecule has 2 rings (SSSR count). The predicted octanol–water partition coefficient (Wildman–Crippen LogP) is 3.95. The number of ether oxygens (including phenoxy) is 1. The van der Waals surface area contributed by atoms with Crippen molar-refractivity contribution in [2.75, 3.05) is 13.2 Å². The fraction of sp³-hybridized carbons (Fsp3) is 0.667. The lowest BCUT2D eigenvalue weighted by atomic mass is 10.1. The largest absolute Gasteiger partial charge is 0.489 e. The van der Waals surface area contributed by atoms with Crippen molar-refractivity contribution in [1.29, 1.82) is 0 Å². The van der Waals surface area contributed by atoms with Gasteiger partial charge in [-0.1, -0.05) is 50.3 Å². The van der Waals surface area contributed by atoms with Crippen LogP contribution < -0.4 is 10.1 Å². The summed E-state index contributed by atoms with van der Waals surface area (Å²) >= 11 is 6.38. The molecule has 0 spiro atoms. The van der Waals surface area contributed by atoms with Gasteiger partial charge in [0.25, 0.3) is 0 Å². The zero-order valence-electron chi connectivity index (χ0n) is 13.5. The van der Waals surface area contributed by atoms with Gasteiger partial charge in [-0.15, -0.1) is 0 Å². The van der Waals surface area contributed by atoms with Crippen molar-refractivity contribution < 1.29 is 9.84 Å². The van der Waals surface area contributed by atoms with Crippen LogP contribution in [0.3, 0.4) is 0 Å². The van der Waals surface area contributed by atoms with Gasteiger partial charge in [0.15, 0.2) is 0 Å². The average Bonchev–Trinajstić information content (AvgIpc) is 2.96. The van der Waals surface area contributed by atoms with Crippen LogP contribution >= 0.6 is 11.6 Å². The first kappa shape index (κ1) is 17.6. The summed E-state index contributed by atoms with van der Waals surface area (Å²) in [6.07, 6.45) is 8.39. The Bertz CT molecular complexity index is 453. The van der Waals surface area contributed by atoms with E-state index in [-0.39, 0.29) is 18.8 Å². The molecule has 0 saturated carbocycles. The number of aryl methyl sites for hydroxylation is 1. The molecule has 0 amide bonds. The highest BCUT2D eigenvalue weighted by Crippen LogP contribution is 2.26. The lowest BCUT2D eigenvalue weighted by Crippen LogP contribution is -2.25. The molecule has 0 aromatic heterocycles. The van der Waals surface area contributed by atoms with Gasteiger partial charge in [0.05, 0.1) is 6.61 Å². The third-order valence-corrected chi connectivity index (χ3v) is 4.63. The second-order valence-corrected chi connectivity index (χ2v) is 6.59. The summed E-state index contributed by atoms with van der Waals surface area (Å²) in [6, 6.07) is 6.18. The van der Waals surface area contributed by atoms with E-state index in [9.17, 15) is 0 Å². The van der Waals surface area contributed by atoms with E-state index in [2.05, 4.69) is 18.3 Å². The Balaban J connectivity index is 1.79. The van der Waals surface area contributed by atoms with Gasteiger partial charge in [0.1, 0.15) is 11.9 Å². The van der Waals surface area contributed by atoms with Gasteiger partial charge in [-0.2, -0.15) is 0 Å². The summed E-state index contributed by atoms with van der Waals surface area (Å²) in [4.78, 5) is 0. The topological polar surface area (TPSA) is 41.5 Å². The molecule has 0 aliphatic carbocycles. The lowest BCUT2D eigenvalue weighted by molar-refractivity contribution is 0.206. The number of hydrogen-bond donors (Lipinski definition) is 2. The van der Waals surface area contributed by atoms with Crippen LogP contribution in [0.4, 0.5) is 0 Å². The minimum atomic E-state index is 0.119. The zero-order chi connectivity index (χ0) is 15.8. The smallest absolute Gasteiger partial charge is 0.121 e. The van der Waals surface area contributed by atoms with Crippen LogP contribution in [0.1, 0.15) is 51.0 Å². The lowest BCUT2D eigenvalue weighted by Gasteiger charge is -2.14. The van der Waals surface area contributed by atoms with Gasteiger partial charge >= 0.3 is 0 Å². The highest BCUT2D eigenvalue weighted by Gasteiger charge is 2.24. The number of halogens is 1. The second-order valence-electron chi connectivity index (χ2n) is 6.18. The number of rotatable bonds is 9. The minimum Gasteiger partial charge on any atom is -0.489 e. The normalized spacial score (nSPS) is 21.2. The third kappa shape index (κ3) is 5.45. The quantitative estimate of drug-likeness (QED) is 0.675. The summed E-state index contributed by atoms with van der Waals surface area (Å²) in [5, 5.41) is 13.2. The first-order chi connectivity index (χ1) is 10.7. The fourth-order valence-corrected chi connectivity index (χ4v) is 3.19. The van der Waals surface area contributed by atoms with Crippen molar-refractivity contribution >= 4 is 11.6 Å².